The summed E-state index contributed by atoms with van der Waals surface area (Å²) in [5, 5.41) is 9.69. The van der Waals surface area contributed by atoms with Crippen molar-refractivity contribution in [3.63, 3.8) is 0 Å². The van der Waals surface area contributed by atoms with Crippen LogP contribution in [-0.4, -0.2) is 39.7 Å². The topological polar surface area (TPSA) is 113 Å². The molecule has 0 aliphatic rings. The smallest absolute Gasteiger partial charge is 0.269 e. The van der Waals surface area contributed by atoms with Crippen LogP contribution < -0.4 is 15.6 Å². The molecule has 3 aromatic rings. The summed E-state index contributed by atoms with van der Waals surface area (Å²) >= 11 is 0. The highest BCUT2D eigenvalue weighted by Crippen LogP contribution is 2.22. The van der Waals surface area contributed by atoms with Gasteiger partial charge in [-0.05, 0) is 25.1 Å². The first-order valence-electron chi connectivity index (χ1n) is 8.10. The Kier molecular flexibility index (Phi) is 5.12. The second kappa shape index (κ2) is 7.64. The number of aromatic nitrogens is 4. The number of aromatic amines is 2. The molecule has 2 heterocycles. The van der Waals surface area contributed by atoms with Gasteiger partial charge in [0.05, 0.1) is 12.8 Å². The number of carbonyl (C=O) groups excluding carboxylic acids is 1. The predicted molar refractivity (Wildman–Crippen MR) is 96.2 cm³/mol. The second-order valence-electron chi connectivity index (χ2n) is 5.73. The molecule has 1 amide bonds. The molecular weight excluding hydrogens is 334 g/mol. The van der Waals surface area contributed by atoms with E-state index in [0.29, 0.717) is 35.9 Å². The van der Waals surface area contributed by atoms with E-state index in [1.165, 1.54) is 6.07 Å². The molecule has 0 aliphatic heterocycles. The number of methoxy groups -OCH3 is 1. The van der Waals surface area contributed by atoms with Crippen LogP contribution in [0.15, 0.2) is 41.2 Å². The molecule has 0 aliphatic carbocycles. The SMILES string of the molecule is COc1cccc(-c2cc(C(=O)NCCc3cc(=O)[nH]c(C)n3)[nH]n2)c1. The lowest BCUT2D eigenvalue weighted by molar-refractivity contribution is 0.0949. The quantitative estimate of drug-likeness (QED) is 0.621. The highest BCUT2D eigenvalue weighted by Gasteiger charge is 2.11. The number of nitrogens with one attached hydrogen (secondary N) is 3. The van der Waals surface area contributed by atoms with Crippen LogP contribution in [0.2, 0.25) is 0 Å². The number of H-pyrrole nitrogens is 2. The number of amides is 1. The molecule has 3 rings (SSSR count). The summed E-state index contributed by atoms with van der Waals surface area (Å²) < 4.78 is 5.19. The Balaban J connectivity index is 1.62. The highest BCUT2D eigenvalue weighted by molar-refractivity contribution is 5.93. The normalized spacial score (nSPS) is 10.5. The molecule has 0 atom stereocenters. The average molecular weight is 353 g/mol. The first-order chi connectivity index (χ1) is 12.5. The first kappa shape index (κ1) is 17.4. The summed E-state index contributed by atoms with van der Waals surface area (Å²) in [6.45, 7) is 2.08. The van der Waals surface area contributed by atoms with Crippen molar-refractivity contribution in [3.05, 3.63) is 64.0 Å². The third-order valence-electron chi connectivity index (χ3n) is 3.77. The van der Waals surface area contributed by atoms with Crippen LogP contribution in [-0.2, 0) is 6.42 Å². The van der Waals surface area contributed by atoms with Crippen molar-refractivity contribution in [2.24, 2.45) is 0 Å². The Bertz CT molecular complexity index is 977. The van der Waals surface area contributed by atoms with Crippen LogP contribution >= 0.6 is 0 Å². The Labute approximate surface area is 149 Å². The van der Waals surface area contributed by atoms with Crippen molar-refractivity contribution in [2.75, 3.05) is 13.7 Å². The molecule has 0 radical (unpaired) electrons. The van der Waals surface area contributed by atoms with E-state index in [4.69, 9.17) is 4.74 Å². The predicted octanol–water partition coefficient (Wildman–Crippen LogP) is 1.45. The van der Waals surface area contributed by atoms with Gasteiger partial charge in [0, 0.05) is 30.3 Å². The largest absolute Gasteiger partial charge is 0.497 e. The van der Waals surface area contributed by atoms with Crippen molar-refractivity contribution >= 4 is 5.91 Å². The molecule has 8 nitrogen and oxygen atoms in total. The van der Waals surface area contributed by atoms with E-state index in [2.05, 4.69) is 25.5 Å². The van der Waals surface area contributed by atoms with Crippen molar-refractivity contribution in [1.82, 2.24) is 25.5 Å². The second-order valence-corrected chi connectivity index (χ2v) is 5.73. The summed E-state index contributed by atoms with van der Waals surface area (Å²) in [4.78, 5) is 30.5. The third kappa shape index (κ3) is 4.15. The van der Waals surface area contributed by atoms with Crippen LogP contribution in [0.5, 0.6) is 5.75 Å². The monoisotopic (exact) mass is 353 g/mol. The zero-order valence-electron chi connectivity index (χ0n) is 14.5. The van der Waals surface area contributed by atoms with Gasteiger partial charge in [-0.15, -0.1) is 0 Å². The Hall–Kier alpha value is -3.42. The molecule has 0 unspecified atom stereocenters. The summed E-state index contributed by atoms with van der Waals surface area (Å²) in [7, 11) is 1.60. The van der Waals surface area contributed by atoms with Crippen molar-refractivity contribution in [3.8, 4) is 17.0 Å². The van der Waals surface area contributed by atoms with E-state index in [-0.39, 0.29) is 11.5 Å². The fourth-order valence-electron chi connectivity index (χ4n) is 2.54. The van der Waals surface area contributed by atoms with Crippen molar-refractivity contribution in [2.45, 2.75) is 13.3 Å². The van der Waals surface area contributed by atoms with Gasteiger partial charge in [-0.2, -0.15) is 5.10 Å². The van der Waals surface area contributed by atoms with Crippen LogP contribution in [0.4, 0.5) is 0 Å². The zero-order valence-corrected chi connectivity index (χ0v) is 14.5. The lowest BCUT2D eigenvalue weighted by Gasteiger charge is -2.03. The number of ether oxygens (including phenoxy) is 1. The maximum Gasteiger partial charge on any atom is 0.269 e. The minimum Gasteiger partial charge on any atom is -0.497 e. The number of carbonyl (C=O) groups is 1. The van der Waals surface area contributed by atoms with Gasteiger partial charge in [-0.1, -0.05) is 12.1 Å². The van der Waals surface area contributed by atoms with Gasteiger partial charge < -0.3 is 15.0 Å². The van der Waals surface area contributed by atoms with Gasteiger partial charge in [0.2, 0.25) is 0 Å². The highest BCUT2D eigenvalue weighted by atomic mass is 16.5. The number of benzene rings is 1. The Morgan fingerprint density at radius 2 is 2.12 bits per heavy atom. The molecule has 8 heteroatoms. The van der Waals surface area contributed by atoms with Crippen LogP contribution in [0.1, 0.15) is 22.0 Å². The molecule has 0 saturated heterocycles. The van der Waals surface area contributed by atoms with Crippen LogP contribution in [0.3, 0.4) is 0 Å². The molecule has 134 valence electrons. The number of hydrogen-bond donors (Lipinski definition) is 3. The zero-order chi connectivity index (χ0) is 18.5. The molecule has 26 heavy (non-hydrogen) atoms. The van der Waals surface area contributed by atoms with Gasteiger partial charge >= 0.3 is 0 Å². The number of hydrogen-bond acceptors (Lipinski definition) is 5. The molecule has 0 spiro atoms. The molecule has 0 bridgehead atoms. The van der Waals surface area contributed by atoms with Gasteiger partial charge in [-0.3, -0.25) is 14.7 Å². The Morgan fingerprint density at radius 1 is 1.27 bits per heavy atom. The molecule has 0 saturated carbocycles. The molecule has 2 aromatic heterocycles. The summed E-state index contributed by atoms with van der Waals surface area (Å²) in [6.07, 6.45) is 0.466. The summed E-state index contributed by atoms with van der Waals surface area (Å²) in [5.41, 5.74) is 2.30. The Morgan fingerprint density at radius 3 is 2.88 bits per heavy atom. The van der Waals surface area contributed by atoms with Gasteiger partial charge in [0.25, 0.3) is 11.5 Å². The lowest BCUT2D eigenvalue weighted by atomic mass is 10.1. The van der Waals surface area contributed by atoms with Crippen molar-refractivity contribution in [1.29, 1.82) is 0 Å². The van der Waals surface area contributed by atoms with Gasteiger partial charge in [-0.25, -0.2) is 4.98 Å². The number of nitrogens with zero attached hydrogens (tertiary/aromatic N) is 2. The fraction of sp³-hybridized carbons (Fsp3) is 0.222. The maximum atomic E-state index is 12.2. The molecular formula is C18H19N5O3. The minimum atomic E-state index is -0.270. The third-order valence-corrected chi connectivity index (χ3v) is 3.77. The van der Waals surface area contributed by atoms with E-state index in [1.807, 2.05) is 24.3 Å². The van der Waals surface area contributed by atoms with E-state index < -0.39 is 0 Å². The van der Waals surface area contributed by atoms with E-state index in [0.717, 1.165) is 11.3 Å². The minimum absolute atomic E-state index is 0.199. The van der Waals surface area contributed by atoms with E-state index in [9.17, 15) is 9.59 Å². The van der Waals surface area contributed by atoms with E-state index in [1.54, 1.807) is 20.1 Å². The van der Waals surface area contributed by atoms with Crippen molar-refractivity contribution < 1.29 is 9.53 Å². The maximum absolute atomic E-state index is 12.2. The van der Waals surface area contributed by atoms with Gasteiger partial charge in [0.15, 0.2) is 0 Å². The van der Waals surface area contributed by atoms with E-state index >= 15 is 0 Å². The number of rotatable bonds is 6. The molecule has 0 fully saturated rings. The lowest BCUT2D eigenvalue weighted by Crippen LogP contribution is -2.26. The number of aryl methyl sites for hydroxylation is 1. The standard InChI is InChI=1S/C18H19N5O3/c1-11-20-13(9-17(24)21-11)6-7-19-18(25)16-10-15(22-23-16)12-4-3-5-14(8-12)26-2/h3-5,8-10H,6-7H2,1-2H3,(H,19,25)(H,22,23)(H,20,21,24). The van der Waals surface area contributed by atoms with Crippen LogP contribution in [0.25, 0.3) is 11.3 Å². The summed E-state index contributed by atoms with van der Waals surface area (Å²) in [5.74, 6) is 1.00. The average Bonchev–Trinajstić information content (AvgIpc) is 3.11. The summed E-state index contributed by atoms with van der Waals surface area (Å²) in [6, 6.07) is 10.5. The fourth-order valence-corrected chi connectivity index (χ4v) is 2.54. The first-order valence-corrected chi connectivity index (χ1v) is 8.10. The molecule has 1 aromatic carbocycles. The van der Waals surface area contributed by atoms with Crippen LogP contribution in [0, 0.1) is 6.92 Å². The molecule has 3 N–H and O–H groups in total. The van der Waals surface area contributed by atoms with Gasteiger partial charge in [0.1, 0.15) is 17.3 Å².